The van der Waals surface area contributed by atoms with E-state index in [-0.39, 0.29) is 34.0 Å². The summed E-state index contributed by atoms with van der Waals surface area (Å²) in [6.07, 6.45) is 3.29. The molecule has 0 amide bonds. The van der Waals surface area contributed by atoms with Gasteiger partial charge in [-0.2, -0.15) is 4.31 Å². The third kappa shape index (κ3) is 6.36. The lowest BCUT2D eigenvalue weighted by atomic mass is 9.75. The number of esters is 2. The average molecular weight is 548 g/mol. The molecular weight excluding hydrogens is 514 g/mol. The number of ether oxygens (including phenoxy) is 2. The van der Waals surface area contributed by atoms with Gasteiger partial charge in [-0.25, -0.2) is 18.0 Å². The maximum absolute atomic E-state index is 13.3. The van der Waals surface area contributed by atoms with Crippen LogP contribution in [0.3, 0.4) is 0 Å². The Morgan fingerprint density at radius 3 is 2.57 bits per heavy atom. The Morgan fingerprint density at radius 1 is 1.11 bits per heavy atom. The van der Waals surface area contributed by atoms with Gasteiger partial charge in [0.05, 0.1) is 15.5 Å². The van der Waals surface area contributed by atoms with Gasteiger partial charge in [-0.3, -0.25) is 0 Å². The molecule has 0 radical (unpaired) electrons. The molecule has 3 atom stereocenters. The summed E-state index contributed by atoms with van der Waals surface area (Å²) < 4.78 is 38.9. The molecule has 0 saturated heterocycles. The number of carbonyl (C=O) groups excluding carboxylic acids is 2. The lowest BCUT2D eigenvalue weighted by Crippen LogP contribution is -2.37. The van der Waals surface area contributed by atoms with Crippen molar-refractivity contribution >= 4 is 33.6 Å². The van der Waals surface area contributed by atoms with Gasteiger partial charge in [0.15, 0.2) is 6.61 Å². The molecule has 2 aliphatic rings. The van der Waals surface area contributed by atoms with E-state index in [1.807, 2.05) is 24.3 Å². The van der Waals surface area contributed by atoms with E-state index in [0.717, 1.165) is 30.4 Å². The van der Waals surface area contributed by atoms with Crippen LogP contribution >= 0.6 is 11.6 Å². The Labute approximate surface area is 224 Å². The largest absolute Gasteiger partial charge is 0.460 e. The van der Waals surface area contributed by atoms with E-state index in [0.29, 0.717) is 24.8 Å². The van der Waals surface area contributed by atoms with Crippen molar-refractivity contribution < 1.29 is 27.5 Å². The van der Waals surface area contributed by atoms with Crippen molar-refractivity contribution in [3.8, 4) is 0 Å². The SMILES string of the molecule is CC1CCC(C(C)C)C(OC(=O)COC(=O)c2cc(S(=O)(=O)N3CCc4ccccc4C3)ccc2Cl)C1. The topological polar surface area (TPSA) is 90.0 Å². The number of sulfonamides is 1. The number of benzene rings is 2. The predicted octanol–water partition coefficient (Wildman–Crippen LogP) is 5.25. The summed E-state index contributed by atoms with van der Waals surface area (Å²) in [5.41, 5.74) is 1.97. The molecule has 1 aliphatic carbocycles. The highest BCUT2D eigenvalue weighted by molar-refractivity contribution is 7.89. The maximum atomic E-state index is 13.3. The molecule has 3 unspecified atom stereocenters. The smallest absolute Gasteiger partial charge is 0.344 e. The molecule has 0 aromatic heterocycles. The van der Waals surface area contributed by atoms with E-state index in [2.05, 4.69) is 20.8 Å². The Morgan fingerprint density at radius 2 is 1.84 bits per heavy atom. The van der Waals surface area contributed by atoms with Crippen LogP contribution in [0.5, 0.6) is 0 Å². The molecule has 2 aromatic carbocycles. The first-order valence-corrected chi connectivity index (χ1v) is 14.6. The van der Waals surface area contributed by atoms with Gasteiger partial charge < -0.3 is 9.47 Å². The fraction of sp³-hybridized carbons (Fsp3) is 0.500. The van der Waals surface area contributed by atoms with E-state index in [1.165, 1.54) is 22.5 Å². The lowest BCUT2D eigenvalue weighted by Gasteiger charge is -2.36. The summed E-state index contributed by atoms with van der Waals surface area (Å²) in [6, 6.07) is 11.7. The van der Waals surface area contributed by atoms with Gasteiger partial charge in [-0.05, 0) is 66.3 Å². The first-order valence-electron chi connectivity index (χ1n) is 12.8. The van der Waals surface area contributed by atoms with Crippen molar-refractivity contribution in [1.82, 2.24) is 4.31 Å². The molecule has 1 heterocycles. The van der Waals surface area contributed by atoms with Crippen LogP contribution in [0.15, 0.2) is 47.4 Å². The highest BCUT2D eigenvalue weighted by Crippen LogP contribution is 2.35. The molecule has 1 fully saturated rings. The lowest BCUT2D eigenvalue weighted by molar-refractivity contribution is -0.159. The standard InChI is InChI=1S/C28H34ClNO6S/c1-18(2)23-10-8-19(3)14-26(23)36-27(31)17-35-28(32)24-15-22(9-11-25(24)29)37(33,34)30-13-12-20-6-4-5-7-21(20)16-30/h4-7,9,11,15,18-19,23,26H,8,10,12-14,16-17H2,1-3H3. The predicted molar refractivity (Wildman–Crippen MR) is 141 cm³/mol. The minimum absolute atomic E-state index is 0.0438. The Balaban J connectivity index is 1.42. The number of fused-ring (bicyclic) bond motifs is 1. The van der Waals surface area contributed by atoms with Crippen LogP contribution in [0, 0.1) is 17.8 Å². The van der Waals surface area contributed by atoms with Gasteiger partial charge in [0.25, 0.3) is 0 Å². The van der Waals surface area contributed by atoms with Crippen molar-refractivity contribution in [2.45, 2.75) is 64.0 Å². The summed E-state index contributed by atoms with van der Waals surface area (Å²) in [7, 11) is -3.87. The zero-order valence-electron chi connectivity index (χ0n) is 21.5. The maximum Gasteiger partial charge on any atom is 0.344 e. The van der Waals surface area contributed by atoms with Crippen LogP contribution in [0.2, 0.25) is 5.02 Å². The van der Waals surface area contributed by atoms with E-state index in [4.69, 9.17) is 21.1 Å². The number of hydrogen-bond acceptors (Lipinski definition) is 6. The molecule has 9 heteroatoms. The highest BCUT2D eigenvalue weighted by atomic mass is 35.5. The van der Waals surface area contributed by atoms with Crippen LogP contribution in [0.25, 0.3) is 0 Å². The third-order valence-corrected chi connectivity index (χ3v) is 9.63. The molecule has 4 rings (SSSR count). The molecular formula is C28H34ClNO6S. The summed E-state index contributed by atoms with van der Waals surface area (Å²) in [4.78, 5) is 25.2. The number of hydrogen-bond donors (Lipinski definition) is 0. The molecule has 37 heavy (non-hydrogen) atoms. The average Bonchev–Trinajstić information content (AvgIpc) is 2.87. The number of halogens is 1. The van der Waals surface area contributed by atoms with Gasteiger partial charge in [-0.15, -0.1) is 0 Å². The van der Waals surface area contributed by atoms with Crippen molar-refractivity contribution in [3.63, 3.8) is 0 Å². The van der Waals surface area contributed by atoms with Crippen LogP contribution in [0.1, 0.15) is 61.5 Å². The summed E-state index contributed by atoms with van der Waals surface area (Å²) in [5, 5.41) is 0.0438. The molecule has 0 spiro atoms. The molecule has 200 valence electrons. The van der Waals surface area contributed by atoms with Gasteiger partial charge >= 0.3 is 11.9 Å². The van der Waals surface area contributed by atoms with E-state index in [1.54, 1.807) is 0 Å². The Hall–Kier alpha value is -2.42. The normalized spacial score (nSPS) is 22.4. The van der Waals surface area contributed by atoms with Gasteiger partial charge in [0.1, 0.15) is 6.10 Å². The van der Waals surface area contributed by atoms with E-state index < -0.39 is 28.6 Å². The zero-order chi connectivity index (χ0) is 26.7. The van der Waals surface area contributed by atoms with Crippen molar-refractivity contribution in [2.75, 3.05) is 13.2 Å². The second-order valence-electron chi connectivity index (χ2n) is 10.4. The zero-order valence-corrected chi connectivity index (χ0v) is 23.1. The number of rotatable bonds is 7. The summed E-state index contributed by atoms with van der Waals surface area (Å²) in [5.74, 6) is -0.378. The van der Waals surface area contributed by atoms with Crippen LogP contribution < -0.4 is 0 Å². The van der Waals surface area contributed by atoms with Gasteiger partial charge in [0, 0.05) is 13.1 Å². The Bertz CT molecular complexity index is 1260. The fourth-order valence-electron chi connectivity index (χ4n) is 5.30. The van der Waals surface area contributed by atoms with Crippen molar-refractivity contribution in [3.05, 3.63) is 64.2 Å². The highest BCUT2D eigenvalue weighted by Gasteiger charge is 2.34. The quantitative estimate of drug-likeness (QED) is 0.440. The molecule has 2 aromatic rings. The van der Waals surface area contributed by atoms with Gasteiger partial charge in [0.2, 0.25) is 10.0 Å². The van der Waals surface area contributed by atoms with Crippen LogP contribution in [-0.4, -0.2) is 43.9 Å². The van der Waals surface area contributed by atoms with Crippen LogP contribution in [0.4, 0.5) is 0 Å². The molecule has 1 saturated carbocycles. The molecule has 1 aliphatic heterocycles. The Kier molecular flexibility index (Phi) is 8.61. The van der Waals surface area contributed by atoms with E-state index >= 15 is 0 Å². The first kappa shape index (κ1) is 27.6. The molecule has 7 nitrogen and oxygen atoms in total. The second kappa shape index (κ2) is 11.5. The summed E-state index contributed by atoms with van der Waals surface area (Å²) >= 11 is 6.21. The second-order valence-corrected chi connectivity index (χ2v) is 12.8. The monoisotopic (exact) mass is 547 g/mol. The third-order valence-electron chi connectivity index (χ3n) is 7.46. The number of carbonyl (C=O) groups is 2. The minimum atomic E-state index is -3.87. The van der Waals surface area contributed by atoms with Gasteiger partial charge in [-0.1, -0.05) is 63.1 Å². The van der Waals surface area contributed by atoms with Crippen molar-refractivity contribution in [2.24, 2.45) is 17.8 Å². The summed E-state index contributed by atoms with van der Waals surface area (Å²) in [6.45, 7) is 6.41. The molecule has 0 N–H and O–H groups in total. The minimum Gasteiger partial charge on any atom is -0.460 e. The fourth-order valence-corrected chi connectivity index (χ4v) is 6.94. The first-order chi connectivity index (χ1) is 17.6. The van der Waals surface area contributed by atoms with Crippen LogP contribution in [-0.2, 0) is 37.3 Å². The molecule has 0 bridgehead atoms. The van der Waals surface area contributed by atoms with E-state index in [9.17, 15) is 18.0 Å². The van der Waals surface area contributed by atoms with Crippen molar-refractivity contribution in [1.29, 1.82) is 0 Å². The number of nitrogens with zero attached hydrogens (tertiary/aromatic N) is 1.